The van der Waals surface area contributed by atoms with Gasteiger partial charge < -0.3 is 9.53 Å². The smallest absolute Gasteiger partial charge is 0.213 e. The van der Waals surface area contributed by atoms with Gasteiger partial charge in [-0.2, -0.15) is 0 Å². The Labute approximate surface area is 78.9 Å². The van der Waals surface area contributed by atoms with Gasteiger partial charge in [0, 0.05) is 15.8 Å². The highest BCUT2D eigenvalue weighted by Gasteiger charge is 1.89. The van der Waals surface area contributed by atoms with E-state index >= 15 is 0 Å². The lowest BCUT2D eigenvalue weighted by Gasteiger charge is -1.95. The number of pyridine rings is 1. The maximum absolute atomic E-state index is 8.00. The van der Waals surface area contributed by atoms with Crippen LogP contribution in [0.25, 0.3) is 0 Å². The fourth-order valence-electron chi connectivity index (χ4n) is 0.497. The highest BCUT2D eigenvalue weighted by molar-refractivity contribution is 14.1. The van der Waals surface area contributed by atoms with Gasteiger partial charge in [0.2, 0.25) is 5.88 Å². The molecule has 4 heteroatoms. The van der Waals surface area contributed by atoms with Crippen molar-refractivity contribution >= 4 is 29.4 Å². The number of aromatic nitrogens is 1. The van der Waals surface area contributed by atoms with Crippen LogP contribution in [0.5, 0.6) is 5.88 Å². The van der Waals surface area contributed by atoms with Crippen molar-refractivity contribution in [3.8, 4) is 5.88 Å². The molecule has 0 radical (unpaired) electrons. The second-order valence-corrected chi connectivity index (χ2v) is 2.76. The number of ether oxygens (including phenoxy) is 1. The molecule has 0 aromatic carbocycles. The van der Waals surface area contributed by atoms with Gasteiger partial charge in [0.1, 0.15) is 6.79 Å². The molecule has 60 valence electrons. The summed E-state index contributed by atoms with van der Waals surface area (Å²) in [6, 6.07) is 3.80. The van der Waals surface area contributed by atoms with Crippen molar-refractivity contribution in [1.29, 1.82) is 0 Å². The summed E-state index contributed by atoms with van der Waals surface area (Å²) >= 11 is 2.21. The van der Waals surface area contributed by atoms with E-state index < -0.39 is 0 Å². The number of nitrogens with zero attached hydrogens (tertiary/aromatic N) is 1. The minimum atomic E-state index is 0.668. The third kappa shape index (κ3) is 3.92. The first kappa shape index (κ1) is 10.3. The third-order valence-corrected chi connectivity index (χ3v) is 1.58. The van der Waals surface area contributed by atoms with Gasteiger partial charge >= 0.3 is 0 Å². The molecular formula is C7H8INO2. The zero-order chi connectivity index (χ0) is 8.69. The van der Waals surface area contributed by atoms with Gasteiger partial charge in [-0.1, -0.05) is 0 Å². The van der Waals surface area contributed by atoms with Crippen LogP contribution in [0.1, 0.15) is 0 Å². The second-order valence-electron chi connectivity index (χ2n) is 1.52. The van der Waals surface area contributed by atoms with Crippen LogP contribution in [0.15, 0.2) is 18.3 Å². The van der Waals surface area contributed by atoms with E-state index in [0.717, 1.165) is 3.57 Å². The van der Waals surface area contributed by atoms with Gasteiger partial charge in [0.25, 0.3) is 0 Å². The first-order valence-electron chi connectivity index (χ1n) is 2.77. The molecule has 1 aromatic rings. The van der Waals surface area contributed by atoms with E-state index in [0.29, 0.717) is 5.88 Å². The van der Waals surface area contributed by atoms with Crippen molar-refractivity contribution in [2.24, 2.45) is 0 Å². The Balaban J connectivity index is 0.000000461. The zero-order valence-electron chi connectivity index (χ0n) is 6.08. The highest BCUT2D eigenvalue weighted by atomic mass is 127. The lowest BCUT2D eigenvalue weighted by molar-refractivity contribution is -0.0979. The lowest BCUT2D eigenvalue weighted by Crippen LogP contribution is -1.85. The number of methoxy groups -OCH3 is 1. The summed E-state index contributed by atoms with van der Waals surface area (Å²) in [6.45, 7) is 2.00. The van der Waals surface area contributed by atoms with Crippen molar-refractivity contribution < 1.29 is 9.53 Å². The van der Waals surface area contributed by atoms with E-state index in [2.05, 4.69) is 27.6 Å². The first-order valence-corrected chi connectivity index (χ1v) is 3.85. The first-order chi connectivity index (χ1) is 5.33. The summed E-state index contributed by atoms with van der Waals surface area (Å²) in [5.41, 5.74) is 0. The molecule has 1 aromatic heterocycles. The molecule has 0 saturated heterocycles. The van der Waals surface area contributed by atoms with Crippen LogP contribution in [-0.4, -0.2) is 18.9 Å². The van der Waals surface area contributed by atoms with Crippen LogP contribution in [0.2, 0.25) is 0 Å². The molecule has 0 spiro atoms. The topological polar surface area (TPSA) is 39.2 Å². The maximum atomic E-state index is 8.00. The number of carbonyl (C=O) groups is 1. The van der Waals surface area contributed by atoms with Crippen molar-refractivity contribution in [3.05, 3.63) is 21.9 Å². The quantitative estimate of drug-likeness (QED) is 0.722. The summed E-state index contributed by atoms with van der Waals surface area (Å²) in [4.78, 5) is 11.9. The van der Waals surface area contributed by atoms with Gasteiger partial charge in [-0.15, -0.1) is 0 Å². The Morgan fingerprint density at radius 3 is 2.64 bits per heavy atom. The summed E-state index contributed by atoms with van der Waals surface area (Å²) in [5.74, 6) is 0.668. The molecule has 0 amide bonds. The number of rotatable bonds is 1. The van der Waals surface area contributed by atoms with Crippen LogP contribution < -0.4 is 4.74 Å². The van der Waals surface area contributed by atoms with E-state index in [4.69, 9.17) is 9.53 Å². The van der Waals surface area contributed by atoms with Crippen molar-refractivity contribution in [2.45, 2.75) is 0 Å². The van der Waals surface area contributed by atoms with E-state index in [1.54, 1.807) is 13.3 Å². The molecule has 11 heavy (non-hydrogen) atoms. The number of halogens is 1. The fraction of sp³-hybridized carbons (Fsp3) is 0.143. The lowest BCUT2D eigenvalue weighted by atomic mass is 10.5. The maximum Gasteiger partial charge on any atom is 0.213 e. The van der Waals surface area contributed by atoms with E-state index in [9.17, 15) is 0 Å². The molecule has 0 saturated carbocycles. The van der Waals surface area contributed by atoms with Gasteiger partial charge in [-0.25, -0.2) is 4.98 Å². The predicted molar refractivity (Wildman–Crippen MR) is 50.6 cm³/mol. The number of hydrogen-bond donors (Lipinski definition) is 0. The molecule has 0 N–H and O–H groups in total. The van der Waals surface area contributed by atoms with Crippen LogP contribution in [0.4, 0.5) is 0 Å². The molecule has 0 aliphatic rings. The van der Waals surface area contributed by atoms with Crippen molar-refractivity contribution in [3.63, 3.8) is 0 Å². The van der Waals surface area contributed by atoms with Gasteiger partial charge in [-0.3, -0.25) is 0 Å². The average Bonchev–Trinajstić information content (AvgIpc) is 2.08. The fourth-order valence-corrected chi connectivity index (χ4v) is 0.924. The minimum absolute atomic E-state index is 0.668. The molecule has 1 rings (SSSR count). The molecule has 0 atom stereocenters. The summed E-state index contributed by atoms with van der Waals surface area (Å²) in [7, 11) is 1.61. The molecule has 0 aliphatic heterocycles. The van der Waals surface area contributed by atoms with Gasteiger partial charge in [0.15, 0.2) is 0 Å². The number of carbonyl (C=O) groups excluding carboxylic acids is 1. The zero-order valence-corrected chi connectivity index (χ0v) is 8.24. The van der Waals surface area contributed by atoms with Gasteiger partial charge in [-0.05, 0) is 28.7 Å². The summed E-state index contributed by atoms with van der Waals surface area (Å²) < 4.78 is 6.02. The highest BCUT2D eigenvalue weighted by Crippen LogP contribution is 2.09. The Bertz CT molecular complexity index is 217. The molecule has 1 heterocycles. The Morgan fingerprint density at radius 2 is 2.27 bits per heavy atom. The predicted octanol–water partition coefficient (Wildman–Crippen LogP) is 1.51. The van der Waals surface area contributed by atoms with Crippen LogP contribution >= 0.6 is 22.6 Å². The summed E-state index contributed by atoms with van der Waals surface area (Å²) in [6.07, 6.45) is 1.72. The minimum Gasteiger partial charge on any atom is -0.481 e. The molecule has 3 nitrogen and oxygen atoms in total. The van der Waals surface area contributed by atoms with Crippen molar-refractivity contribution in [2.75, 3.05) is 7.11 Å². The van der Waals surface area contributed by atoms with Gasteiger partial charge in [0.05, 0.1) is 7.11 Å². The largest absolute Gasteiger partial charge is 0.481 e. The normalized spacial score (nSPS) is 7.82. The Kier molecular flexibility index (Phi) is 5.73. The molecule has 0 fully saturated rings. The monoisotopic (exact) mass is 265 g/mol. The summed E-state index contributed by atoms with van der Waals surface area (Å²) in [5, 5.41) is 0. The van der Waals surface area contributed by atoms with E-state index in [1.807, 2.05) is 18.9 Å². The number of hydrogen-bond acceptors (Lipinski definition) is 3. The third-order valence-electron chi connectivity index (χ3n) is 0.906. The van der Waals surface area contributed by atoms with Crippen molar-refractivity contribution in [1.82, 2.24) is 4.98 Å². The van der Waals surface area contributed by atoms with Crippen LogP contribution in [-0.2, 0) is 4.79 Å². The molecule has 0 bridgehead atoms. The second kappa shape index (κ2) is 6.09. The SMILES string of the molecule is C=O.COc1cc(I)ccn1. The molecule has 0 aliphatic carbocycles. The Hall–Kier alpha value is -0.650. The Morgan fingerprint density at radius 1 is 1.64 bits per heavy atom. The van der Waals surface area contributed by atoms with E-state index in [-0.39, 0.29) is 0 Å². The van der Waals surface area contributed by atoms with Crippen LogP contribution in [0.3, 0.4) is 0 Å². The van der Waals surface area contributed by atoms with E-state index in [1.165, 1.54) is 0 Å². The molecule has 0 unspecified atom stereocenters. The average molecular weight is 265 g/mol. The van der Waals surface area contributed by atoms with Crippen LogP contribution in [0, 0.1) is 3.57 Å². The molecular weight excluding hydrogens is 257 g/mol. The standard InChI is InChI=1S/C6H6INO.CH2O/c1-9-6-4-5(7)2-3-8-6;1-2/h2-4H,1H3;1H2.